The maximum atomic E-state index is 12.1. The van der Waals surface area contributed by atoms with Gasteiger partial charge in [0.05, 0.1) is 5.52 Å². The van der Waals surface area contributed by atoms with E-state index in [0.717, 1.165) is 17.7 Å². The Bertz CT molecular complexity index is 879. The number of H-pyrrole nitrogens is 1. The molecule has 0 saturated heterocycles. The van der Waals surface area contributed by atoms with E-state index in [0.29, 0.717) is 16.8 Å². The number of hydrogen-bond donors (Lipinski definition) is 3. The smallest absolute Gasteiger partial charge is 0.408 e. The number of aryl methyl sites for hydroxylation is 1. The second-order valence-corrected chi connectivity index (χ2v) is 4.82. The highest BCUT2D eigenvalue weighted by Gasteiger charge is 2.07. The maximum absolute atomic E-state index is 12.1. The molecule has 0 aliphatic carbocycles. The van der Waals surface area contributed by atoms with E-state index < -0.39 is 5.76 Å². The number of nitrogens with one attached hydrogen (secondary N) is 3. The van der Waals surface area contributed by atoms with E-state index in [1.807, 2.05) is 31.2 Å². The Morgan fingerprint density at radius 1 is 1.18 bits per heavy atom. The first-order chi connectivity index (χ1) is 10.7. The Hall–Kier alpha value is -3.02. The first kappa shape index (κ1) is 13.9. The molecule has 0 bridgehead atoms. The molecule has 1 heterocycles. The molecule has 0 spiro atoms. The van der Waals surface area contributed by atoms with Gasteiger partial charge in [0, 0.05) is 17.4 Å². The van der Waals surface area contributed by atoms with Crippen molar-refractivity contribution in [1.82, 2.24) is 4.98 Å². The average molecular weight is 297 g/mol. The Labute approximate surface area is 126 Å². The van der Waals surface area contributed by atoms with Crippen molar-refractivity contribution in [3.63, 3.8) is 0 Å². The van der Waals surface area contributed by atoms with Crippen LogP contribution in [0.15, 0.2) is 51.7 Å². The Morgan fingerprint density at radius 3 is 2.82 bits per heavy atom. The van der Waals surface area contributed by atoms with Gasteiger partial charge in [0.2, 0.25) is 0 Å². The van der Waals surface area contributed by atoms with Gasteiger partial charge in [-0.3, -0.25) is 4.98 Å². The van der Waals surface area contributed by atoms with Crippen LogP contribution in [-0.2, 0) is 6.42 Å². The summed E-state index contributed by atoms with van der Waals surface area (Å²) < 4.78 is 4.96. The van der Waals surface area contributed by atoms with Gasteiger partial charge in [-0.1, -0.05) is 25.1 Å². The van der Waals surface area contributed by atoms with Crippen molar-refractivity contribution in [2.24, 2.45) is 0 Å². The van der Waals surface area contributed by atoms with Crippen LogP contribution in [0.5, 0.6) is 0 Å². The van der Waals surface area contributed by atoms with Gasteiger partial charge in [-0.05, 0) is 30.2 Å². The molecule has 2 amide bonds. The summed E-state index contributed by atoms with van der Waals surface area (Å²) in [4.78, 5) is 25.7. The van der Waals surface area contributed by atoms with E-state index in [2.05, 4.69) is 15.6 Å². The zero-order valence-electron chi connectivity index (χ0n) is 12.0. The minimum atomic E-state index is -0.520. The molecular weight excluding hydrogens is 282 g/mol. The SMILES string of the molecule is CCc1ccccc1NC(=O)Nc1ccc2[nH]c(=O)oc2c1. The zero-order valence-corrected chi connectivity index (χ0v) is 12.0. The summed E-state index contributed by atoms with van der Waals surface area (Å²) in [5, 5.41) is 5.53. The number of oxazole rings is 1. The number of urea groups is 1. The van der Waals surface area contributed by atoms with Crippen molar-refractivity contribution in [2.45, 2.75) is 13.3 Å². The number of anilines is 2. The monoisotopic (exact) mass is 297 g/mol. The van der Waals surface area contributed by atoms with Crippen molar-refractivity contribution in [3.8, 4) is 0 Å². The molecule has 0 saturated carbocycles. The number of fused-ring (bicyclic) bond motifs is 1. The third-order valence-corrected chi connectivity index (χ3v) is 3.33. The number of para-hydroxylation sites is 1. The molecule has 3 N–H and O–H groups in total. The zero-order chi connectivity index (χ0) is 15.5. The van der Waals surface area contributed by atoms with Gasteiger partial charge in [0.25, 0.3) is 0 Å². The first-order valence-corrected chi connectivity index (χ1v) is 6.94. The van der Waals surface area contributed by atoms with E-state index in [9.17, 15) is 9.59 Å². The molecule has 3 rings (SSSR count). The van der Waals surface area contributed by atoms with Crippen LogP contribution in [0.4, 0.5) is 16.2 Å². The fourth-order valence-electron chi connectivity index (χ4n) is 2.26. The molecule has 1 aromatic heterocycles. The molecule has 2 aromatic carbocycles. The predicted molar refractivity (Wildman–Crippen MR) is 85.3 cm³/mol. The lowest BCUT2D eigenvalue weighted by Crippen LogP contribution is -2.20. The van der Waals surface area contributed by atoms with Crippen molar-refractivity contribution in [1.29, 1.82) is 0 Å². The third-order valence-electron chi connectivity index (χ3n) is 3.33. The van der Waals surface area contributed by atoms with Crippen LogP contribution in [0.2, 0.25) is 0 Å². The van der Waals surface area contributed by atoms with Crippen LogP contribution in [0.1, 0.15) is 12.5 Å². The fraction of sp³-hybridized carbons (Fsp3) is 0.125. The van der Waals surface area contributed by atoms with Crippen LogP contribution in [0.3, 0.4) is 0 Å². The topological polar surface area (TPSA) is 87.1 Å². The summed E-state index contributed by atoms with van der Waals surface area (Å²) in [6, 6.07) is 12.2. The second-order valence-electron chi connectivity index (χ2n) is 4.82. The molecule has 0 fully saturated rings. The van der Waals surface area contributed by atoms with Crippen LogP contribution in [0, 0.1) is 0 Å². The van der Waals surface area contributed by atoms with Gasteiger partial charge in [0.1, 0.15) is 0 Å². The maximum Gasteiger partial charge on any atom is 0.417 e. The largest absolute Gasteiger partial charge is 0.417 e. The van der Waals surface area contributed by atoms with Gasteiger partial charge < -0.3 is 15.1 Å². The molecule has 0 unspecified atom stereocenters. The second kappa shape index (κ2) is 5.77. The Morgan fingerprint density at radius 2 is 2.00 bits per heavy atom. The van der Waals surface area contributed by atoms with Crippen LogP contribution in [-0.4, -0.2) is 11.0 Å². The fourth-order valence-corrected chi connectivity index (χ4v) is 2.26. The van der Waals surface area contributed by atoms with Crippen molar-refractivity contribution in [3.05, 3.63) is 58.6 Å². The standard InChI is InChI=1S/C16H15N3O3/c1-2-10-5-3-4-6-12(10)18-15(20)17-11-7-8-13-14(9-11)22-16(21)19-13/h3-9H,2H2,1H3,(H,19,21)(H2,17,18,20). The van der Waals surface area contributed by atoms with E-state index in [1.165, 1.54) is 0 Å². The highest BCUT2D eigenvalue weighted by molar-refractivity contribution is 6.01. The third kappa shape index (κ3) is 2.85. The molecule has 22 heavy (non-hydrogen) atoms. The summed E-state index contributed by atoms with van der Waals surface area (Å²) in [5.74, 6) is -0.520. The Kier molecular flexibility index (Phi) is 3.65. The van der Waals surface area contributed by atoms with Crippen molar-refractivity contribution >= 4 is 28.5 Å². The lowest BCUT2D eigenvalue weighted by Gasteiger charge is -2.10. The predicted octanol–water partition coefficient (Wildman–Crippen LogP) is 3.33. The number of carbonyl (C=O) groups is 1. The highest BCUT2D eigenvalue weighted by atomic mass is 16.4. The molecule has 112 valence electrons. The lowest BCUT2D eigenvalue weighted by molar-refractivity contribution is 0.262. The van der Waals surface area contributed by atoms with Gasteiger partial charge in [-0.15, -0.1) is 0 Å². The lowest BCUT2D eigenvalue weighted by atomic mass is 10.1. The van der Waals surface area contributed by atoms with Gasteiger partial charge >= 0.3 is 11.8 Å². The minimum Gasteiger partial charge on any atom is -0.408 e. The van der Waals surface area contributed by atoms with Gasteiger partial charge in [-0.25, -0.2) is 9.59 Å². The number of aromatic amines is 1. The number of amides is 2. The molecular formula is C16H15N3O3. The quantitative estimate of drug-likeness (QED) is 0.693. The first-order valence-electron chi connectivity index (χ1n) is 6.94. The molecule has 0 radical (unpaired) electrons. The van der Waals surface area contributed by atoms with Gasteiger partial charge in [0.15, 0.2) is 5.58 Å². The molecule has 0 aliphatic rings. The van der Waals surface area contributed by atoms with E-state index >= 15 is 0 Å². The Balaban J connectivity index is 1.76. The van der Waals surface area contributed by atoms with E-state index in [-0.39, 0.29) is 6.03 Å². The number of carbonyl (C=O) groups excluding carboxylic acids is 1. The van der Waals surface area contributed by atoms with Crippen LogP contribution >= 0.6 is 0 Å². The van der Waals surface area contributed by atoms with Crippen molar-refractivity contribution in [2.75, 3.05) is 10.6 Å². The number of hydrogen-bond acceptors (Lipinski definition) is 3. The molecule has 3 aromatic rings. The highest BCUT2D eigenvalue weighted by Crippen LogP contribution is 2.18. The van der Waals surface area contributed by atoms with Crippen LogP contribution < -0.4 is 16.4 Å². The summed E-state index contributed by atoms with van der Waals surface area (Å²) in [7, 11) is 0. The van der Waals surface area contributed by atoms with Gasteiger partial charge in [-0.2, -0.15) is 0 Å². The summed E-state index contributed by atoms with van der Waals surface area (Å²) in [6.45, 7) is 2.03. The minimum absolute atomic E-state index is 0.349. The molecule has 0 aliphatic heterocycles. The van der Waals surface area contributed by atoms with Crippen molar-refractivity contribution < 1.29 is 9.21 Å². The summed E-state index contributed by atoms with van der Waals surface area (Å²) >= 11 is 0. The summed E-state index contributed by atoms with van der Waals surface area (Å²) in [6.07, 6.45) is 0.830. The normalized spacial score (nSPS) is 10.6. The average Bonchev–Trinajstić information content (AvgIpc) is 2.87. The van der Waals surface area contributed by atoms with E-state index in [4.69, 9.17) is 4.42 Å². The number of aromatic nitrogens is 1. The van der Waals surface area contributed by atoms with E-state index in [1.54, 1.807) is 18.2 Å². The van der Waals surface area contributed by atoms with Crippen LogP contribution in [0.25, 0.3) is 11.1 Å². The molecule has 6 heteroatoms. The number of rotatable bonds is 3. The molecule has 6 nitrogen and oxygen atoms in total. The summed E-state index contributed by atoms with van der Waals surface area (Å²) in [5.41, 5.74) is 3.37. The molecule has 0 atom stereocenters. The number of benzene rings is 2.